The van der Waals surface area contributed by atoms with Crippen molar-refractivity contribution in [2.75, 3.05) is 6.54 Å². The first-order valence-corrected chi connectivity index (χ1v) is 8.14. The second-order valence-corrected chi connectivity index (χ2v) is 6.99. The molecule has 5 heteroatoms. The van der Waals surface area contributed by atoms with Crippen LogP contribution < -0.4 is 5.32 Å². The van der Waals surface area contributed by atoms with Gasteiger partial charge in [0.1, 0.15) is 0 Å². The molecule has 2 N–H and O–H groups in total. The van der Waals surface area contributed by atoms with Crippen molar-refractivity contribution in [3.8, 4) is 0 Å². The molecule has 1 aromatic rings. The Morgan fingerprint density at radius 2 is 1.90 bits per heavy atom. The molecule has 1 aromatic carbocycles. The SMILES string of the molecule is CCC(O)CCNC(=O)c1ccc(S(=O)C(C)C)cc1. The molecule has 0 spiro atoms. The zero-order valence-corrected chi connectivity index (χ0v) is 13.1. The van der Waals surface area contributed by atoms with E-state index in [2.05, 4.69) is 5.32 Å². The van der Waals surface area contributed by atoms with Gasteiger partial charge in [-0.05, 0) is 37.1 Å². The fraction of sp³-hybridized carbons (Fsp3) is 0.533. The molecule has 0 saturated heterocycles. The minimum absolute atomic E-state index is 0.0604. The second kappa shape index (κ2) is 8.17. The lowest BCUT2D eigenvalue weighted by atomic mass is 10.2. The molecule has 4 nitrogen and oxygen atoms in total. The molecule has 1 rings (SSSR count). The van der Waals surface area contributed by atoms with Gasteiger partial charge in [0, 0.05) is 22.3 Å². The van der Waals surface area contributed by atoms with Gasteiger partial charge in [0.2, 0.25) is 0 Å². The van der Waals surface area contributed by atoms with Gasteiger partial charge in [-0.15, -0.1) is 0 Å². The number of aliphatic hydroxyl groups excluding tert-OH is 1. The summed E-state index contributed by atoms with van der Waals surface area (Å²) in [5.41, 5.74) is 0.542. The lowest BCUT2D eigenvalue weighted by Gasteiger charge is -2.09. The average Bonchev–Trinajstić information content (AvgIpc) is 2.46. The second-order valence-electron chi connectivity index (χ2n) is 4.98. The van der Waals surface area contributed by atoms with Crippen LogP contribution in [0.15, 0.2) is 29.2 Å². The molecule has 112 valence electrons. The van der Waals surface area contributed by atoms with Crippen molar-refractivity contribution < 1.29 is 14.1 Å². The van der Waals surface area contributed by atoms with Gasteiger partial charge >= 0.3 is 0 Å². The molecule has 0 bridgehead atoms. The smallest absolute Gasteiger partial charge is 0.251 e. The Bertz CT molecular complexity index is 457. The molecule has 0 saturated carbocycles. The molecule has 0 aliphatic rings. The molecule has 1 amide bonds. The van der Waals surface area contributed by atoms with Crippen LogP contribution in [0.4, 0.5) is 0 Å². The van der Waals surface area contributed by atoms with E-state index < -0.39 is 10.8 Å². The van der Waals surface area contributed by atoms with Crippen LogP contribution in [0.3, 0.4) is 0 Å². The Morgan fingerprint density at radius 1 is 1.30 bits per heavy atom. The number of nitrogens with one attached hydrogen (secondary N) is 1. The Balaban J connectivity index is 2.55. The highest BCUT2D eigenvalue weighted by molar-refractivity contribution is 7.85. The van der Waals surface area contributed by atoms with E-state index in [1.54, 1.807) is 24.3 Å². The summed E-state index contributed by atoms with van der Waals surface area (Å²) < 4.78 is 11.9. The molecule has 0 aliphatic heterocycles. The van der Waals surface area contributed by atoms with Gasteiger partial charge in [-0.2, -0.15) is 0 Å². The third-order valence-corrected chi connectivity index (χ3v) is 4.60. The standard InChI is InChI=1S/C15H23NO3S/c1-4-13(17)9-10-16-15(18)12-5-7-14(8-6-12)20(19)11(2)3/h5-8,11,13,17H,4,9-10H2,1-3H3,(H,16,18). The van der Waals surface area contributed by atoms with E-state index >= 15 is 0 Å². The predicted octanol–water partition coefficient (Wildman–Crippen LogP) is 2.09. The first kappa shape index (κ1) is 16.9. The summed E-state index contributed by atoms with van der Waals surface area (Å²) >= 11 is 0. The van der Waals surface area contributed by atoms with Crippen molar-refractivity contribution in [3.63, 3.8) is 0 Å². The first-order valence-electron chi connectivity index (χ1n) is 6.92. The molecule has 2 unspecified atom stereocenters. The van der Waals surface area contributed by atoms with Crippen LogP contribution in [0.2, 0.25) is 0 Å². The van der Waals surface area contributed by atoms with Gasteiger partial charge in [-0.3, -0.25) is 9.00 Å². The largest absolute Gasteiger partial charge is 0.393 e. The van der Waals surface area contributed by atoms with Crippen molar-refractivity contribution in [1.82, 2.24) is 5.32 Å². The average molecular weight is 297 g/mol. The molecular weight excluding hydrogens is 274 g/mol. The Hall–Kier alpha value is -1.20. The molecule has 20 heavy (non-hydrogen) atoms. The van der Waals surface area contributed by atoms with Crippen LogP contribution in [-0.2, 0) is 10.8 Å². The summed E-state index contributed by atoms with van der Waals surface area (Å²) in [6.07, 6.45) is 0.870. The lowest BCUT2D eigenvalue weighted by molar-refractivity contribution is 0.0942. The Labute approximate surface area is 123 Å². The summed E-state index contributed by atoms with van der Waals surface area (Å²) in [7, 11) is -1.03. The third-order valence-electron chi connectivity index (χ3n) is 3.01. The highest BCUT2D eigenvalue weighted by Gasteiger charge is 2.10. The van der Waals surface area contributed by atoms with Gasteiger partial charge in [-0.25, -0.2) is 0 Å². The zero-order chi connectivity index (χ0) is 15.1. The van der Waals surface area contributed by atoms with Crippen LogP contribution in [-0.4, -0.2) is 33.1 Å². The van der Waals surface area contributed by atoms with Crippen molar-refractivity contribution in [2.45, 2.75) is 49.9 Å². The number of benzene rings is 1. The molecule has 0 fully saturated rings. The van der Waals surface area contributed by atoms with Crippen molar-refractivity contribution in [3.05, 3.63) is 29.8 Å². The number of hydrogen-bond acceptors (Lipinski definition) is 3. The fourth-order valence-electron chi connectivity index (χ4n) is 1.67. The van der Waals surface area contributed by atoms with Crippen LogP contribution in [0.25, 0.3) is 0 Å². The normalized spacial score (nSPS) is 14.1. The minimum atomic E-state index is -1.03. The van der Waals surface area contributed by atoms with Gasteiger partial charge in [0.25, 0.3) is 5.91 Å². The van der Waals surface area contributed by atoms with E-state index in [1.807, 2.05) is 20.8 Å². The molecule has 0 radical (unpaired) electrons. The summed E-state index contributed by atoms with van der Waals surface area (Å²) in [5.74, 6) is -0.171. The van der Waals surface area contributed by atoms with Gasteiger partial charge in [0.15, 0.2) is 0 Å². The number of amides is 1. The van der Waals surface area contributed by atoms with Gasteiger partial charge in [-0.1, -0.05) is 20.8 Å². The van der Waals surface area contributed by atoms with Gasteiger partial charge in [0.05, 0.1) is 16.9 Å². The quantitative estimate of drug-likeness (QED) is 0.810. The van der Waals surface area contributed by atoms with Crippen LogP contribution in [0.5, 0.6) is 0 Å². The highest BCUT2D eigenvalue weighted by Crippen LogP contribution is 2.12. The van der Waals surface area contributed by atoms with Crippen LogP contribution in [0.1, 0.15) is 44.0 Å². The topological polar surface area (TPSA) is 66.4 Å². The van der Waals surface area contributed by atoms with Crippen molar-refractivity contribution in [2.24, 2.45) is 0 Å². The van der Waals surface area contributed by atoms with E-state index in [0.717, 1.165) is 4.90 Å². The van der Waals surface area contributed by atoms with Crippen molar-refractivity contribution >= 4 is 16.7 Å². The van der Waals surface area contributed by atoms with Gasteiger partial charge < -0.3 is 10.4 Å². The van der Waals surface area contributed by atoms with Crippen LogP contribution in [0, 0.1) is 0 Å². The van der Waals surface area contributed by atoms with E-state index in [1.165, 1.54) is 0 Å². The highest BCUT2D eigenvalue weighted by atomic mass is 32.2. The summed E-state index contributed by atoms with van der Waals surface area (Å²) in [6, 6.07) is 6.82. The molecule has 2 atom stereocenters. The molecule has 0 aromatic heterocycles. The number of aliphatic hydroxyl groups is 1. The maximum Gasteiger partial charge on any atom is 0.251 e. The number of carbonyl (C=O) groups is 1. The van der Waals surface area contributed by atoms with Crippen molar-refractivity contribution in [1.29, 1.82) is 0 Å². The van der Waals surface area contributed by atoms with E-state index in [9.17, 15) is 14.1 Å². The first-order chi connectivity index (χ1) is 9.45. The maximum atomic E-state index is 11.9. The molecular formula is C15H23NO3S. The van der Waals surface area contributed by atoms with E-state index in [-0.39, 0.29) is 17.3 Å². The number of hydrogen-bond donors (Lipinski definition) is 2. The monoisotopic (exact) mass is 297 g/mol. The maximum absolute atomic E-state index is 11.9. The fourth-order valence-corrected chi connectivity index (χ4v) is 2.62. The molecule has 0 aliphatic carbocycles. The predicted molar refractivity (Wildman–Crippen MR) is 81.2 cm³/mol. The van der Waals surface area contributed by atoms with Crippen LogP contribution >= 0.6 is 0 Å². The summed E-state index contributed by atoms with van der Waals surface area (Å²) in [4.78, 5) is 12.6. The Morgan fingerprint density at radius 3 is 2.40 bits per heavy atom. The Kier molecular flexibility index (Phi) is 6.88. The number of carbonyl (C=O) groups excluding carboxylic acids is 1. The number of rotatable bonds is 7. The lowest BCUT2D eigenvalue weighted by Crippen LogP contribution is -2.27. The molecule has 0 heterocycles. The summed E-state index contributed by atoms with van der Waals surface area (Å²) in [6.45, 7) is 6.15. The van der Waals surface area contributed by atoms with E-state index in [4.69, 9.17) is 0 Å². The minimum Gasteiger partial charge on any atom is -0.393 e. The third kappa shape index (κ3) is 5.06. The zero-order valence-electron chi connectivity index (χ0n) is 12.3. The van der Waals surface area contributed by atoms with E-state index in [0.29, 0.717) is 24.9 Å². The summed E-state index contributed by atoms with van der Waals surface area (Å²) in [5, 5.41) is 12.2.